The maximum atomic E-state index is 11.5. The van der Waals surface area contributed by atoms with Crippen molar-refractivity contribution in [1.82, 2.24) is 0 Å². The fourth-order valence-electron chi connectivity index (χ4n) is 4.05. The highest BCUT2D eigenvalue weighted by Gasteiger charge is 2.22. The van der Waals surface area contributed by atoms with E-state index in [4.69, 9.17) is 11.6 Å². The molecule has 0 saturated carbocycles. The van der Waals surface area contributed by atoms with Crippen molar-refractivity contribution in [3.63, 3.8) is 0 Å². The number of aromatic carboxylic acids is 1. The van der Waals surface area contributed by atoms with Crippen LogP contribution in [0.25, 0.3) is 11.1 Å². The standard InChI is InChI=1S/C25H21ClO3/c1-15-8-10-21(23(26)12-15)22-7-3-4-16-13-18(25(28)29)9-11-20(16)24(22)17-5-2-6-19(27)14-17/h2,5-6,8-14,27H,3-4,7H2,1H3,(H,28,29). The average molecular weight is 405 g/mol. The molecule has 0 heterocycles. The Kier molecular flexibility index (Phi) is 5.16. The van der Waals surface area contributed by atoms with Gasteiger partial charge >= 0.3 is 5.97 Å². The monoisotopic (exact) mass is 404 g/mol. The number of carbonyl (C=O) groups is 1. The predicted molar refractivity (Wildman–Crippen MR) is 117 cm³/mol. The zero-order valence-electron chi connectivity index (χ0n) is 16.1. The molecule has 0 atom stereocenters. The normalized spacial score (nSPS) is 13.7. The van der Waals surface area contributed by atoms with Crippen LogP contribution in [0.5, 0.6) is 5.75 Å². The van der Waals surface area contributed by atoms with Crippen molar-refractivity contribution in [2.75, 3.05) is 0 Å². The summed E-state index contributed by atoms with van der Waals surface area (Å²) in [7, 11) is 0. The summed E-state index contributed by atoms with van der Waals surface area (Å²) in [4.78, 5) is 11.5. The van der Waals surface area contributed by atoms with Gasteiger partial charge in [-0.05, 0) is 95.5 Å². The molecule has 1 aliphatic rings. The highest BCUT2D eigenvalue weighted by atomic mass is 35.5. The Labute approximate surface area is 174 Å². The molecule has 4 heteroatoms. The fraction of sp³-hybridized carbons (Fsp3) is 0.160. The lowest BCUT2D eigenvalue weighted by Crippen LogP contribution is -2.01. The van der Waals surface area contributed by atoms with Gasteiger partial charge in [0.15, 0.2) is 0 Å². The van der Waals surface area contributed by atoms with Gasteiger partial charge < -0.3 is 10.2 Å². The van der Waals surface area contributed by atoms with Gasteiger partial charge in [-0.25, -0.2) is 4.79 Å². The number of hydrogen-bond acceptors (Lipinski definition) is 2. The SMILES string of the molecule is Cc1ccc(C2=C(c3cccc(O)c3)c3ccc(C(=O)O)cc3CCC2)c(Cl)c1. The first-order valence-electron chi connectivity index (χ1n) is 9.59. The largest absolute Gasteiger partial charge is 0.508 e. The Morgan fingerprint density at radius 3 is 2.48 bits per heavy atom. The Hall–Kier alpha value is -3.04. The molecule has 0 amide bonds. The molecule has 3 nitrogen and oxygen atoms in total. The van der Waals surface area contributed by atoms with Crippen LogP contribution in [0, 0.1) is 6.92 Å². The first-order chi connectivity index (χ1) is 13.9. The van der Waals surface area contributed by atoms with E-state index in [0.29, 0.717) is 5.02 Å². The highest BCUT2D eigenvalue weighted by molar-refractivity contribution is 6.32. The topological polar surface area (TPSA) is 57.5 Å². The molecule has 0 saturated heterocycles. The Bertz CT molecular complexity index is 1140. The molecule has 0 aromatic heterocycles. The number of allylic oxidation sites excluding steroid dienone is 1. The van der Waals surface area contributed by atoms with Crippen molar-refractivity contribution in [2.24, 2.45) is 0 Å². The van der Waals surface area contributed by atoms with Crippen LogP contribution < -0.4 is 0 Å². The molecule has 0 aliphatic heterocycles. The lowest BCUT2D eigenvalue weighted by molar-refractivity contribution is 0.0696. The van der Waals surface area contributed by atoms with Gasteiger partial charge in [-0.15, -0.1) is 0 Å². The van der Waals surface area contributed by atoms with E-state index in [1.54, 1.807) is 24.3 Å². The molecular weight excluding hydrogens is 384 g/mol. The molecule has 0 radical (unpaired) electrons. The van der Waals surface area contributed by atoms with Crippen molar-refractivity contribution in [3.05, 3.63) is 99.1 Å². The van der Waals surface area contributed by atoms with E-state index < -0.39 is 5.97 Å². The van der Waals surface area contributed by atoms with Crippen molar-refractivity contribution in [3.8, 4) is 5.75 Å². The van der Waals surface area contributed by atoms with Gasteiger partial charge in [0.2, 0.25) is 0 Å². The number of aromatic hydroxyl groups is 1. The van der Waals surface area contributed by atoms with E-state index in [-0.39, 0.29) is 11.3 Å². The lowest BCUT2D eigenvalue weighted by Gasteiger charge is -2.18. The third-order valence-corrected chi connectivity index (χ3v) is 5.69. The van der Waals surface area contributed by atoms with Gasteiger partial charge in [0.05, 0.1) is 5.56 Å². The van der Waals surface area contributed by atoms with Crippen LogP contribution in [0.15, 0.2) is 60.7 Å². The van der Waals surface area contributed by atoms with Crippen LogP contribution in [-0.2, 0) is 6.42 Å². The number of rotatable bonds is 3. The third kappa shape index (κ3) is 3.79. The van der Waals surface area contributed by atoms with Crippen LogP contribution in [0.2, 0.25) is 5.02 Å². The van der Waals surface area contributed by atoms with E-state index in [1.807, 2.05) is 43.3 Å². The quantitative estimate of drug-likeness (QED) is 0.534. The maximum Gasteiger partial charge on any atom is 0.335 e. The Morgan fingerprint density at radius 2 is 1.76 bits per heavy atom. The van der Waals surface area contributed by atoms with Gasteiger partial charge in [0, 0.05) is 5.02 Å². The molecule has 3 aromatic rings. The number of phenols is 1. The van der Waals surface area contributed by atoms with E-state index in [2.05, 4.69) is 0 Å². The Balaban J connectivity index is 2.03. The van der Waals surface area contributed by atoms with Crippen molar-refractivity contribution in [2.45, 2.75) is 26.2 Å². The summed E-state index contributed by atoms with van der Waals surface area (Å²) in [5, 5.41) is 20.2. The summed E-state index contributed by atoms with van der Waals surface area (Å²) < 4.78 is 0. The number of benzene rings is 3. The lowest BCUT2D eigenvalue weighted by atomic mass is 9.87. The maximum absolute atomic E-state index is 11.5. The summed E-state index contributed by atoms with van der Waals surface area (Å²) in [5.74, 6) is -0.737. The molecule has 4 rings (SSSR count). The number of carboxylic acid groups (broad SMARTS) is 1. The van der Waals surface area contributed by atoms with Crippen LogP contribution in [-0.4, -0.2) is 16.2 Å². The van der Waals surface area contributed by atoms with Crippen LogP contribution in [0.4, 0.5) is 0 Å². The summed E-state index contributed by atoms with van der Waals surface area (Å²) >= 11 is 6.63. The molecule has 1 aliphatic carbocycles. The number of halogens is 1. The summed E-state index contributed by atoms with van der Waals surface area (Å²) in [6.07, 6.45) is 2.48. The average Bonchev–Trinajstić information content (AvgIpc) is 2.86. The molecule has 0 unspecified atom stereocenters. The fourth-order valence-corrected chi connectivity index (χ4v) is 4.40. The minimum atomic E-state index is -0.929. The van der Waals surface area contributed by atoms with Gasteiger partial charge in [-0.3, -0.25) is 0 Å². The second-order valence-electron chi connectivity index (χ2n) is 7.42. The zero-order chi connectivity index (χ0) is 20.5. The molecule has 0 spiro atoms. The van der Waals surface area contributed by atoms with E-state index >= 15 is 0 Å². The molecule has 29 heavy (non-hydrogen) atoms. The number of carboxylic acids is 1. The number of phenolic OH excluding ortho intramolecular Hbond substituents is 1. The number of hydrogen-bond donors (Lipinski definition) is 2. The van der Waals surface area contributed by atoms with Crippen LogP contribution in [0.1, 0.15) is 51.0 Å². The molecular formula is C25H21ClO3. The minimum Gasteiger partial charge on any atom is -0.508 e. The Morgan fingerprint density at radius 1 is 0.966 bits per heavy atom. The summed E-state index contributed by atoms with van der Waals surface area (Å²) in [6.45, 7) is 2.01. The number of fused-ring (bicyclic) bond motifs is 1. The summed E-state index contributed by atoms with van der Waals surface area (Å²) in [6, 6.07) is 18.5. The minimum absolute atomic E-state index is 0.192. The zero-order valence-corrected chi connectivity index (χ0v) is 16.8. The molecule has 0 fully saturated rings. The molecule has 2 N–H and O–H groups in total. The summed E-state index contributed by atoms with van der Waals surface area (Å²) in [5.41, 5.74) is 7.35. The van der Waals surface area contributed by atoms with E-state index in [1.165, 1.54) is 0 Å². The third-order valence-electron chi connectivity index (χ3n) is 5.38. The predicted octanol–water partition coefficient (Wildman–Crippen LogP) is 6.35. The highest BCUT2D eigenvalue weighted by Crippen LogP contribution is 2.42. The van der Waals surface area contributed by atoms with Crippen molar-refractivity contribution in [1.29, 1.82) is 0 Å². The molecule has 3 aromatic carbocycles. The molecule has 146 valence electrons. The van der Waals surface area contributed by atoms with E-state index in [0.717, 1.165) is 58.2 Å². The van der Waals surface area contributed by atoms with Gasteiger partial charge in [-0.2, -0.15) is 0 Å². The van der Waals surface area contributed by atoms with E-state index in [9.17, 15) is 15.0 Å². The first-order valence-corrected chi connectivity index (χ1v) is 9.97. The van der Waals surface area contributed by atoms with Crippen molar-refractivity contribution >= 4 is 28.7 Å². The van der Waals surface area contributed by atoms with Crippen molar-refractivity contribution < 1.29 is 15.0 Å². The van der Waals surface area contributed by atoms with Gasteiger partial charge in [0.1, 0.15) is 5.75 Å². The van der Waals surface area contributed by atoms with Crippen LogP contribution in [0.3, 0.4) is 0 Å². The first kappa shape index (κ1) is 19.3. The smallest absolute Gasteiger partial charge is 0.335 e. The van der Waals surface area contributed by atoms with Gasteiger partial charge in [-0.1, -0.05) is 41.9 Å². The van der Waals surface area contributed by atoms with Crippen LogP contribution >= 0.6 is 11.6 Å². The van der Waals surface area contributed by atoms with Gasteiger partial charge in [0.25, 0.3) is 0 Å². The number of aryl methyl sites for hydroxylation is 2. The second-order valence-corrected chi connectivity index (χ2v) is 7.83. The second kappa shape index (κ2) is 7.76. The molecule has 0 bridgehead atoms.